The van der Waals surface area contributed by atoms with Crippen molar-refractivity contribution in [2.45, 2.75) is 25.8 Å². The van der Waals surface area contributed by atoms with Crippen LogP contribution in [0.3, 0.4) is 0 Å². The highest BCUT2D eigenvalue weighted by Gasteiger charge is 2.09. The number of amides is 1. The molecule has 0 spiro atoms. The number of thiophene rings is 1. The first-order chi connectivity index (χ1) is 9.15. The summed E-state index contributed by atoms with van der Waals surface area (Å²) in [6, 6.07) is 9.61. The average Bonchev–Trinajstić information content (AvgIpc) is 2.90. The van der Waals surface area contributed by atoms with Gasteiger partial charge in [-0.15, -0.1) is 0 Å². The van der Waals surface area contributed by atoms with Crippen molar-refractivity contribution in [1.82, 2.24) is 5.32 Å². The molecule has 1 aromatic heterocycles. The van der Waals surface area contributed by atoms with Crippen molar-refractivity contribution < 1.29 is 4.79 Å². The van der Waals surface area contributed by atoms with Gasteiger partial charge in [0.05, 0.1) is 6.04 Å². The Bertz CT molecular complexity index is 522. The van der Waals surface area contributed by atoms with Crippen LogP contribution < -0.4 is 5.32 Å². The summed E-state index contributed by atoms with van der Waals surface area (Å²) in [6.07, 6.45) is 1.32. The molecule has 2 nitrogen and oxygen atoms in total. The fourth-order valence-corrected chi connectivity index (χ4v) is 2.67. The molecule has 0 bridgehead atoms. The van der Waals surface area contributed by atoms with Crippen molar-refractivity contribution in [1.29, 1.82) is 0 Å². The summed E-state index contributed by atoms with van der Waals surface area (Å²) in [5, 5.41) is 7.82. The van der Waals surface area contributed by atoms with Gasteiger partial charge in [0, 0.05) is 11.4 Å². The Balaban J connectivity index is 1.83. The lowest BCUT2D eigenvalue weighted by Gasteiger charge is -2.14. The van der Waals surface area contributed by atoms with Gasteiger partial charge in [0.1, 0.15) is 0 Å². The van der Waals surface area contributed by atoms with Gasteiger partial charge in [-0.2, -0.15) is 11.3 Å². The standard InChI is InChI=1S/C15H16ClNOS/c1-11(13-3-5-14(16)6-4-13)17-15(18)7-2-12-8-9-19-10-12/h3-6,8-11H,2,7H2,1H3,(H,17,18). The fourth-order valence-electron chi connectivity index (χ4n) is 1.84. The molecule has 0 saturated carbocycles. The van der Waals surface area contributed by atoms with Crippen molar-refractivity contribution in [2.24, 2.45) is 0 Å². The number of carbonyl (C=O) groups is 1. The van der Waals surface area contributed by atoms with Crippen LogP contribution in [0.15, 0.2) is 41.1 Å². The zero-order valence-corrected chi connectivity index (χ0v) is 12.3. The molecule has 0 aliphatic heterocycles. The number of nitrogens with one attached hydrogen (secondary N) is 1. The number of rotatable bonds is 5. The van der Waals surface area contributed by atoms with Gasteiger partial charge in [0.25, 0.3) is 0 Å². The molecule has 0 aliphatic carbocycles. The number of carbonyl (C=O) groups excluding carboxylic acids is 1. The van der Waals surface area contributed by atoms with Gasteiger partial charge >= 0.3 is 0 Å². The number of aryl methyl sites for hydroxylation is 1. The van der Waals surface area contributed by atoms with Crippen LogP contribution in [0, 0.1) is 0 Å². The molecule has 0 saturated heterocycles. The van der Waals surface area contributed by atoms with Gasteiger partial charge < -0.3 is 5.32 Å². The van der Waals surface area contributed by atoms with E-state index in [1.807, 2.05) is 36.6 Å². The minimum Gasteiger partial charge on any atom is -0.350 e. The maximum atomic E-state index is 11.9. The van der Waals surface area contributed by atoms with Gasteiger partial charge in [-0.3, -0.25) is 4.79 Å². The van der Waals surface area contributed by atoms with Gasteiger partial charge in [-0.25, -0.2) is 0 Å². The predicted molar refractivity (Wildman–Crippen MR) is 80.6 cm³/mol. The highest BCUT2D eigenvalue weighted by Crippen LogP contribution is 2.16. The molecule has 19 heavy (non-hydrogen) atoms. The Morgan fingerprint density at radius 3 is 2.68 bits per heavy atom. The van der Waals surface area contributed by atoms with E-state index < -0.39 is 0 Å². The first kappa shape index (κ1) is 14.1. The molecular weight excluding hydrogens is 278 g/mol. The van der Waals surface area contributed by atoms with Gasteiger partial charge in [0.15, 0.2) is 0 Å². The van der Waals surface area contributed by atoms with E-state index in [1.54, 1.807) is 11.3 Å². The molecule has 100 valence electrons. The molecule has 1 N–H and O–H groups in total. The van der Waals surface area contributed by atoms with Gasteiger partial charge in [-0.1, -0.05) is 23.7 Å². The number of hydrogen-bond donors (Lipinski definition) is 1. The SMILES string of the molecule is CC(NC(=O)CCc1ccsc1)c1ccc(Cl)cc1. The third-order valence-corrected chi connectivity index (χ3v) is 3.95. The summed E-state index contributed by atoms with van der Waals surface area (Å²) in [7, 11) is 0. The second kappa shape index (κ2) is 6.73. The zero-order chi connectivity index (χ0) is 13.7. The molecule has 1 amide bonds. The predicted octanol–water partition coefficient (Wildman–Crippen LogP) is 4.21. The van der Waals surface area contributed by atoms with Crippen LogP contribution in [-0.2, 0) is 11.2 Å². The zero-order valence-electron chi connectivity index (χ0n) is 10.7. The fraction of sp³-hybridized carbons (Fsp3) is 0.267. The highest BCUT2D eigenvalue weighted by molar-refractivity contribution is 7.07. The third-order valence-electron chi connectivity index (χ3n) is 2.97. The molecule has 0 radical (unpaired) electrons. The molecule has 4 heteroatoms. The minimum absolute atomic E-state index is 0.00671. The average molecular weight is 294 g/mol. The maximum Gasteiger partial charge on any atom is 0.220 e. The second-order valence-corrected chi connectivity index (χ2v) is 5.69. The summed E-state index contributed by atoms with van der Waals surface area (Å²) in [6.45, 7) is 1.98. The Morgan fingerprint density at radius 1 is 1.32 bits per heavy atom. The quantitative estimate of drug-likeness (QED) is 0.879. The van der Waals surface area contributed by atoms with E-state index >= 15 is 0 Å². The summed E-state index contributed by atoms with van der Waals surface area (Å²) in [5.41, 5.74) is 2.28. The molecule has 1 heterocycles. The van der Waals surface area contributed by atoms with E-state index in [9.17, 15) is 4.79 Å². The third kappa shape index (κ3) is 4.37. The van der Waals surface area contributed by atoms with Crippen LogP contribution in [0.2, 0.25) is 5.02 Å². The van der Waals surface area contributed by atoms with Crippen LogP contribution in [0.1, 0.15) is 30.5 Å². The monoisotopic (exact) mass is 293 g/mol. The molecule has 0 fully saturated rings. The van der Waals surface area contributed by atoms with E-state index in [-0.39, 0.29) is 11.9 Å². The molecule has 2 rings (SSSR count). The van der Waals surface area contributed by atoms with E-state index in [2.05, 4.69) is 16.8 Å². The Kier molecular flexibility index (Phi) is 5.00. The normalized spacial score (nSPS) is 12.1. The lowest BCUT2D eigenvalue weighted by molar-refractivity contribution is -0.121. The molecule has 0 aliphatic rings. The van der Waals surface area contributed by atoms with Crippen LogP contribution in [0.5, 0.6) is 0 Å². The van der Waals surface area contributed by atoms with Crippen molar-refractivity contribution in [2.75, 3.05) is 0 Å². The Morgan fingerprint density at radius 2 is 2.05 bits per heavy atom. The van der Waals surface area contributed by atoms with Crippen molar-refractivity contribution in [3.8, 4) is 0 Å². The van der Waals surface area contributed by atoms with Crippen molar-refractivity contribution >= 4 is 28.8 Å². The highest BCUT2D eigenvalue weighted by atomic mass is 35.5. The molecular formula is C15H16ClNOS. The summed E-state index contributed by atoms with van der Waals surface area (Å²) < 4.78 is 0. The topological polar surface area (TPSA) is 29.1 Å². The molecule has 1 aromatic carbocycles. The largest absolute Gasteiger partial charge is 0.350 e. The lowest BCUT2D eigenvalue weighted by Crippen LogP contribution is -2.26. The maximum absolute atomic E-state index is 11.9. The lowest BCUT2D eigenvalue weighted by atomic mass is 10.1. The first-order valence-electron chi connectivity index (χ1n) is 6.21. The van der Waals surface area contributed by atoms with Crippen LogP contribution in [0.4, 0.5) is 0 Å². The molecule has 1 unspecified atom stereocenters. The summed E-state index contributed by atoms with van der Waals surface area (Å²) >= 11 is 7.50. The van der Waals surface area contributed by atoms with Crippen LogP contribution in [0.25, 0.3) is 0 Å². The Labute approximate surface area is 122 Å². The van der Waals surface area contributed by atoms with Crippen LogP contribution in [-0.4, -0.2) is 5.91 Å². The van der Waals surface area contributed by atoms with Gasteiger partial charge in [-0.05, 0) is 53.4 Å². The van der Waals surface area contributed by atoms with Gasteiger partial charge in [0.2, 0.25) is 5.91 Å². The minimum atomic E-state index is 0.00671. The molecule has 1 atom stereocenters. The summed E-state index contributed by atoms with van der Waals surface area (Å²) in [5.74, 6) is 0.0775. The number of hydrogen-bond acceptors (Lipinski definition) is 2. The Hall–Kier alpha value is -1.32. The van der Waals surface area contributed by atoms with E-state index in [0.29, 0.717) is 11.4 Å². The van der Waals surface area contributed by atoms with Crippen molar-refractivity contribution in [3.05, 3.63) is 57.2 Å². The molecule has 2 aromatic rings. The summed E-state index contributed by atoms with van der Waals surface area (Å²) in [4.78, 5) is 11.9. The van der Waals surface area contributed by atoms with E-state index in [1.165, 1.54) is 5.56 Å². The number of halogens is 1. The number of benzene rings is 1. The van der Waals surface area contributed by atoms with E-state index in [0.717, 1.165) is 12.0 Å². The van der Waals surface area contributed by atoms with Crippen LogP contribution >= 0.6 is 22.9 Å². The smallest absolute Gasteiger partial charge is 0.220 e. The van der Waals surface area contributed by atoms with Crippen molar-refractivity contribution in [3.63, 3.8) is 0 Å². The second-order valence-electron chi connectivity index (χ2n) is 4.47. The first-order valence-corrected chi connectivity index (χ1v) is 7.53. The van der Waals surface area contributed by atoms with E-state index in [4.69, 9.17) is 11.6 Å².